The first kappa shape index (κ1) is 17.0. The van der Waals surface area contributed by atoms with E-state index in [1.54, 1.807) is 6.07 Å². The van der Waals surface area contributed by atoms with Gasteiger partial charge in [0.1, 0.15) is 0 Å². The number of benzene rings is 1. The monoisotopic (exact) mass is 320 g/mol. The summed E-state index contributed by atoms with van der Waals surface area (Å²) in [7, 11) is -3.04. The molecule has 1 aliphatic rings. The van der Waals surface area contributed by atoms with Gasteiger partial charge in [-0.1, -0.05) is 26.0 Å². The number of nitriles is 1. The highest BCUT2D eigenvalue weighted by Gasteiger charge is 2.46. The SMILES string of the molecule is CCC1(CC)CN(C(C)c2cccc(C#N)c2)CCS1(=O)=O. The van der Waals surface area contributed by atoms with Crippen LogP contribution in [0.4, 0.5) is 0 Å². The van der Waals surface area contributed by atoms with E-state index in [4.69, 9.17) is 5.26 Å². The molecule has 0 radical (unpaired) electrons. The maximum absolute atomic E-state index is 12.5. The lowest BCUT2D eigenvalue weighted by molar-refractivity contribution is 0.178. The minimum atomic E-state index is -3.04. The molecule has 0 saturated carbocycles. The maximum Gasteiger partial charge on any atom is 0.158 e. The Hall–Kier alpha value is -1.38. The summed E-state index contributed by atoms with van der Waals surface area (Å²) in [6.45, 7) is 7.14. The van der Waals surface area contributed by atoms with Gasteiger partial charge in [-0.15, -0.1) is 0 Å². The van der Waals surface area contributed by atoms with Crippen LogP contribution in [0.15, 0.2) is 24.3 Å². The molecule has 0 N–H and O–H groups in total. The number of hydrogen-bond donors (Lipinski definition) is 0. The van der Waals surface area contributed by atoms with Crippen LogP contribution in [-0.4, -0.2) is 36.9 Å². The minimum Gasteiger partial charge on any atom is -0.294 e. The molecule has 0 spiro atoms. The van der Waals surface area contributed by atoms with Crippen molar-refractivity contribution in [2.45, 2.75) is 44.4 Å². The van der Waals surface area contributed by atoms with Crippen molar-refractivity contribution in [1.82, 2.24) is 4.90 Å². The average Bonchev–Trinajstić information content (AvgIpc) is 2.54. The van der Waals surface area contributed by atoms with Crippen molar-refractivity contribution in [2.24, 2.45) is 0 Å². The number of sulfone groups is 1. The third-order valence-corrected chi connectivity index (χ3v) is 7.88. The van der Waals surface area contributed by atoms with E-state index in [-0.39, 0.29) is 11.8 Å². The molecule has 0 aliphatic carbocycles. The molecule has 1 aromatic rings. The quantitative estimate of drug-likeness (QED) is 0.856. The van der Waals surface area contributed by atoms with E-state index in [1.807, 2.05) is 32.0 Å². The zero-order valence-corrected chi connectivity index (χ0v) is 14.4. The molecule has 0 aromatic heterocycles. The van der Waals surface area contributed by atoms with Gasteiger partial charge in [-0.25, -0.2) is 8.42 Å². The average molecular weight is 320 g/mol. The summed E-state index contributed by atoms with van der Waals surface area (Å²) in [6, 6.07) is 9.86. The normalized spacial score (nSPS) is 21.9. The minimum absolute atomic E-state index is 0.112. The second-order valence-corrected chi connectivity index (χ2v) is 8.60. The smallest absolute Gasteiger partial charge is 0.158 e. The van der Waals surface area contributed by atoms with Crippen molar-refractivity contribution in [3.63, 3.8) is 0 Å². The lowest BCUT2D eigenvalue weighted by Gasteiger charge is -2.44. The molecule has 1 atom stereocenters. The van der Waals surface area contributed by atoms with E-state index in [9.17, 15) is 8.42 Å². The van der Waals surface area contributed by atoms with Crippen LogP contribution >= 0.6 is 0 Å². The number of hydrogen-bond acceptors (Lipinski definition) is 4. The van der Waals surface area contributed by atoms with Crippen LogP contribution in [0, 0.1) is 11.3 Å². The molecule has 120 valence electrons. The fourth-order valence-electron chi connectivity index (χ4n) is 3.32. The molecule has 1 aliphatic heterocycles. The van der Waals surface area contributed by atoms with Gasteiger partial charge < -0.3 is 0 Å². The first-order valence-electron chi connectivity index (χ1n) is 7.85. The van der Waals surface area contributed by atoms with E-state index < -0.39 is 14.6 Å². The molecule has 5 heteroatoms. The zero-order chi connectivity index (χ0) is 16.4. The van der Waals surface area contributed by atoms with Crippen LogP contribution in [0.5, 0.6) is 0 Å². The standard InChI is InChI=1S/C17H24N2O2S/c1-4-17(5-2)13-19(9-10-22(17,20)21)14(3)16-8-6-7-15(11-16)12-18/h6-8,11,14H,4-5,9-10,13H2,1-3H3. The lowest BCUT2D eigenvalue weighted by atomic mass is 9.98. The fourth-order valence-corrected chi connectivity index (χ4v) is 5.47. The molecule has 0 amide bonds. The molecule has 22 heavy (non-hydrogen) atoms. The van der Waals surface area contributed by atoms with Crippen molar-refractivity contribution in [3.05, 3.63) is 35.4 Å². The van der Waals surface area contributed by atoms with Crippen LogP contribution in [-0.2, 0) is 9.84 Å². The Labute approximate surface area is 133 Å². The summed E-state index contributed by atoms with van der Waals surface area (Å²) in [5, 5.41) is 9.04. The second-order valence-electron chi connectivity index (χ2n) is 6.09. The number of nitrogens with zero attached hydrogens (tertiary/aromatic N) is 2. The van der Waals surface area contributed by atoms with Crippen LogP contribution in [0.2, 0.25) is 0 Å². The van der Waals surface area contributed by atoms with Crippen molar-refractivity contribution in [1.29, 1.82) is 5.26 Å². The Bertz CT molecular complexity index is 672. The predicted octanol–water partition coefficient (Wildman–Crippen LogP) is 2.91. The highest BCUT2D eigenvalue weighted by molar-refractivity contribution is 7.92. The Morgan fingerprint density at radius 1 is 1.36 bits per heavy atom. The van der Waals surface area contributed by atoms with Crippen molar-refractivity contribution in [3.8, 4) is 6.07 Å². The Morgan fingerprint density at radius 3 is 2.64 bits per heavy atom. The second kappa shape index (κ2) is 6.39. The predicted molar refractivity (Wildman–Crippen MR) is 88.2 cm³/mol. The van der Waals surface area contributed by atoms with Crippen LogP contribution in [0.1, 0.15) is 50.8 Å². The van der Waals surface area contributed by atoms with E-state index in [2.05, 4.69) is 17.9 Å². The maximum atomic E-state index is 12.5. The van der Waals surface area contributed by atoms with E-state index >= 15 is 0 Å². The molecule has 0 bridgehead atoms. The molecule has 1 saturated heterocycles. The molecular weight excluding hydrogens is 296 g/mol. The molecule has 1 unspecified atom stereocenters. The molecule has 1 heterocycles. The zero-order valence-electron chi connectivity index (χ0n) is 13.5. The summed E-state index contributed by atoms with van der Waals surface area (Å²) in [6.07, 6.45) is 1.29. The topological polar surface area (TPSA) is 61.2 Å². The van der Waals surface area contributed by atoms with Gasteiger partial charge >= 0.3 is 0 Å². The van der Waals surface area contributed by atoms with Crippen molar-refractivity contribution >= 4 is 9.84 Å². The highest BCUT2D eigenvalue weighted by Crippen LogP contribution is 2.35. The summed E-state index contributed by atoms with van der Waals surface area (Å²) in [5.74, 6) is 0.219. The third kappa shape index (κ3) is 2.90. The summed E-state index contributed by atoms with van der Waals surface area (Å²) in [4.78, 5) is 2.24. The van der Waals surface area contributed by atoms with Crippen LogP contribution < -0.4 is 0 Å². The first-order valence-corrected chi connectivity index (χ1v) is 9.50. The van der Waals surface area contributed by atoms with Crippen molar-refractivity contribution in [2.75, 3.05) is 18.8 Å². The van der Waals surface area contributed by atoms with Gasteiger partial charge in [0.05, 0.1) is 22.1 Å². The van der Waals surface area contributed by atoms with Crippen LogP contribution in [0.25, 0.3) is 0 Å². The van der Waals surface area contributed by atoms with E-state index in [1.165, 1.54) is 0 Å². The fraction of sp³-hybridized carbons (Fsp3) is 0.588. The van der Waals surface area contributed by atoms with Gasteiger partial charge in [-0.05, 0) is 37.5 Å². The Kier molecular flexibility index (Phi) is 4.93. The molecule has 2 rings (SSSR count). The molecular formula is C17H24N2O2S. The summed E-state index contributed by atoms with van der Waals surface area (Å²) in [5.41, 5.74) is 1.71. The van der Waals surface area contributed by atoms with Gasteiger partial charge in [0.15, 0.2) is 9.84 Å². The van der Waals surface area contributed by atoms with Gasteiger partial charge in [-0.2, -0.15) is 5.26 Å². The highest BCUT2D eigenvalue weighted by atomic mass is 32.2. The van der Waals surface area contributed by atoms with Crippen molar-refractivity contribution < 1.29 is 8.42 Å². The van der Waals surface area contributed by atoms with E-state index in [0.29, 0.717) is 31.5 Å². The number of rotatable bonds is 4. The molecule has 4 nitrogen and oxygen atoms in total. The lowest BCUT2D eigenvalue weighted by Crippen LogP contribution is -2.56. The van der Waals surface area contributed by atoms with E-state index in [0.717, 1.165) is 5.56 Å². The van der Waals surface area contributed by atoms with Gasteiger partial charge in [-0.3, -0.25) is 4.90 Å². The first-order chi connectivity index (χ1) is 10.4. The Morgan fingerprint density at radius 2 is 2.05 bits per heavy atom. The van der Waals surface area contributed by atoms with Gasteiger partial charge in [0, 0.05) is 19.1 Å². The van der Waals surface area contributed by atoms with Gasteiger partial charge in [0.2, 0.25) is 0 Å². The largest absolute Gasteiger partial charge is 0.294 e. The summed E-state index contributed by atoms with van der Waals surface area (Å²) < 4.78 is 24.4. The van der Waals surface area contributed by atoms with Gasteiger partial charge in [0.25, 0.3) is 0 Å². The third-order valence-electron chi connectivity index (χ3n) is 5.13. The summed E-state index contributed by atoms with van der Waals surface area (Å²) >= 11 is 0. The molecule has 1 aromatic carbocycles. The molecule has 1 fully saturated rings. The Balaban J connectivity index is 2.28. The van der Waals surface area contributed by atoms with Crippen LogP contribution in [0.3, 0.4) is 0 Å².